The molecule has 124 valence electrons. The maximum Gasteiger partial charge on any atom is 0.296 e. The first kappa shape index (κ1) is 17.1. The van der Waals surface area contributed by atoms with Crippen molar-refractivity contribution in [2.45, 2.75) is 16.7 Å². The Labute approximate surface area is 130 Å². The molecule has 0 fully saturated rings. The summed E-state index contributed by atoms with van der Waals surface area (Å²) in [6.45, 7) is 1.08. The molecule has 9 nitrogen and oxygen atoms in total. The van der Waals surface area contributed by atoms with Gasteiger partial charge in [-0.3, -0.25) is 13.9 Å². The zero-order valence-corrected chi connectivity index (χ0v) is 13.1. The lowest BCUT2D eigenvalue weighted by molar-refractivity contribution is 0.101. The minimum absolute atomic E-state index is 0.199. The predicted molar refractivity (Wildman–Crippen MR) is 79.7 cm³/mol. The van der Waals surface area contributed by atoms with E-state index in [0.717, 1.165) is 25.1 Å². The Kier molecular flexibility index (Phi) is 3.85. The van der Waals surface area contributed by atoms with Crippen molar-refractivity contribution in [1.82, 2.24) is 0 Å². The highest BCUT2D eigenvalue weighted by Crippen LogP contribution is 2.39. The molecular weight excluding hydrogens is 350 g/mol. The van der Waals surface area contributed by atoms with E-state index in [2.05, 4.69) is 0 Å². The molecule has 0 atom stereocenters. The SMILES string of the molecule is CC(=O)c1cc(S(=O)(=O)O)cc2cc(S(=O)(=O)O)c(N)c(O)c12. The van der Waals surface area contributed by atoms with Crippen molar-refractivity contribution < 1.29 is 35.8 Å². The van der Waals surface area contributed by atoms with Gasteiger partial charge in [0.05, 0.1) is 10.6 Å². The highest BCUT2D eigenvalue weighted by molar-refractivity contribution is 7.86. The van der Waals surface area contributed by atoms with Crippen LogP contribution in [0, 0.1) is 0 Å². The number of carbonyl (C=O) groups excluding carboxylic acids is 1. The highest BCUT2D eigenvalue weighted by atomic mass is 32.2. The number of phenols is 1. The Morgan fingerprint density at radius 2 is 1.61 bits per heavy atom. The van der Waals surface area contributed by atoms with Gasteiger partial charge >= 0.3 is 0 Å². The van der Waals surface area contributed by atoms with Gasteiger partial charge in [-0.2, -0.15) is 16.8 Å². The van der Waals surface area contributed by atoms with Crippen molar-refractivity contribution >= 4 is 42.5 Å². The van der Waals surface area contributed by atoms with E-state index < -0.39 is 47.2 Å². The van der Waals surface area contributed by atoms with Crippen LogP contribution in [-0.4, -0.2) is 36.8 Å². The van der Waals surface area contributed by atoms with Gasteiger partial charge in [-0.25, -0.2) is 0 Å². The molecule has 0 saturated heterocycles. The van der Waals surface area contributed by atoms with Gasteiger partial charge in [0.25, 0.3) is 20.2 Å². The number of nitrogen functional groups attached to an aromatic ring is 1. The third-order valence-corrected chi connectivity index (χ3v) is 4.87. The first-order valence-electron chi connectivity index (χ1n) is 5.89. The van der Waals surface area contributed by atoms with Crippen LogP contribution in [0.15, 0.2) is 28.0 Å². The summed E-state index contributed by atoms with van der Waals surface area (Å²) in [5.74, 6) is -1.46. The van der Waals surface area contributed by atoms with Gasteiger partial charge in [0, 0.05) is 10.9 Å². The Bertz CT molecular complexity index is 1050. The number of carbonyl (C=O) groups is 1. The van der Waals surface area contributed by atoms with E-state index in [1.807, 2.05) is 0 Å². The van der Waals surface area contributed by atoms with Crippen molar-refractivity contribution in [2.24, 2.45) is 0 Å². The molecule has 5 N–H and O–H groups in total. The summed E-state index contributed by atoms with van der Waals surface area (Å²) < 4.78 is 63.3. The molecule has 0 aliphatic carbocycles. The highest BCUT2D eigenvalue weighted by Gasteiger charge is 2.24. The molecular formula is C12H11NO8S2. The Hall–Kier alpha value is -2.21. The number of aromatic hydroxyl groups is 1. The first-order chi connectivity index (χ1) is 10.3. The number of nitrogens with two attached hydrogens (primary N) is 1. The second-order valence-corrected chi connectivity index (χ2v) is 7.52. The van der Waals surface area contributed by atoms with E-state index in [0.29, 0.717) is 0 Å². The molecule has 0 aromatic heterocycles. The average molecular weight is 361 g/mol. The quantitative estimate of drug-likeness (QED) is 0.267. The van der Waals surface area contributed by atoms with E-state index in [-0.39, 0.29) is 16.3 Å². The number of hydrogen-bond donors (Lipinski definition) is 4. The van der Waals surface area contributed by atoms with Crippen LogP contribution in [0.3, 0.4) is 0 Å². The van der Waals surface area contributed by atoms with E-state index in [9.17, 15) is 26.7 Å². The van der Waals surface area contributed by atoms with Crippen molar-refractivity contribution in [3.8, 4) is 5.75 Å². The van der Waals surface area contributed by atoms with Gasteiger partial charge in [0.2, 0.25) is 0 Å². The van der Waals surface area contributed by atoms with Crippen LogP contribution in [0.1, 0.15) is 17.3 Å². The normalized spacial score (nSPS) is 12.5. The molecule has 0 heterocycles. The molecule has 23 heavy (non-hydrogen) atoms. The Balaban J connectivity index is 3.12. The lowest BCUT2D eigenvalue weighted by Crippen LogP contribution is -2.06. The molecule has 2 aromatic rings. The van der Waals surface area contributed by atoms with E-state index >= 15 is 0 Å². The summed E-state index contributed by atoms with van der Waals surface area (Å²) in [6.07, 6.45) is 0. The molecule has 0 radical (unpaired) electrons. The van der Waals surface area contributed by atoms with Gasteiger partial charge < -0.3 is 10.8 Å². The number of Topliss-reactive ketones (excluding diaryl/α,β-unsaturated/α-hetero) is 1. The fourth-order valence-corrected chi connectivity index (χ4v) is 3.32. The van der Waals surface area contributed by atoms with Gasteiger partial charge in [-0.15, -0.1) is 0 Å². The number of fused-ring (bicyclic) bond motifs is 1. The minimum Gasteiger partial charge on any atom is -0.505 e. The molecule has 0 amide bonds. The number of phenolic OH excluding ortho intramolecular Hbond substituents is 1. The third-order valence-electron chi connectivity index (χ3n) is 3.14. The van der Waals surface area contributed by atoms with Crippen molar-refractivity contribution in [1.29, 1.82) is 0 Å². The standard InChI is InChI=1S/C12H11NO8S2/c1-5(14)8-4-7(22(16,17)18)2-6-3-9(23(19,20)21)11(13)12(15)10(6)8/h2-4,15H,13H2,1H3,(H,16,17,18)(H,19,20,21). The smallest absolute Gasteiger partial charge is 0.296 e. The Morgan fingerprint density at radius 3 is 2.04 bits per heavy atom. The minimum atomic E-state index is -4.81. The van der Waals surface area contributed by atoms with Gasteiger partial charge in [0.1, 0.15) is 10.6 Å². The average Bonchev–Trinajstić information content (AvgIpc) is 2.38. The summed E-state index contributed by atoms with van der Waals surface area (Å²) in [6, 6.07) is 2.46. The summed E-state index contributed by atoms with van der Waals surface area (Å²) in [5, 5.41) is 9.64. The second-order valence-electron chi connectivity index (χ2n) is 4.71. The summed E-state index contributed by atoms with van der Waals surface area (Å²) >= 11 is 0. The first-order valence-corrected chi connectivity index (χ1v) is 8.77. The van der Waals surface area contributed by atoms with Gasteiger partial charge in [-0.05, 0) is 30.5 Å². The van der Waals surface area contributed by atoms with Crippen LogP contribution in [0.5, 0.6) is 5.75 Å². The maximum absolute atomic E-state index is 11.7. The summed E-state index contributed by atoms with van der Waals surface area (Å²) in [4.78, 5) is 10.2. The fourth-order valence-electron chi connectivity index (χ4n) is 2.13. The molecule has 0 unspecified atom stereocenters. The van der Waals surface area contributed by atoms with Crippen molar-refractivity contribution in [3.05, 3.63) is 23.8 Å². The zero-order valence-electron chi connectivity index (χ0n) is 11.5. The lowest BCUT2D eigenvalue weighted by Gasteiger charge is -2.12. The number of anilines is 1. The summed E-state index contributed by atoms with van der Waals surface area (Å²) in [7, 11) is -9.51. The van der Waals surface area contributed by atoms with Crippen LogP contribution in [0.4, 0.5) is 5.69 Å². The number of benzene rings is 2. The number of rotatable bonds is 3. The van der Waals surface area contributed by atoms with Crippen LogP contribution in [0.2, 0.25) is 0 Å². The van der Waals surface area contributed by atoms with Crippen LogP contribution in [-0.2, 0) is 20.2 Å². The molecule has 0 aliphatic rings. The monoisotopic (exact) mass is 361 g/mol. The topological polar surface area (TPSA) is 172 Å². The molecule has 0 bridgehead atoms. The molecule has 0 saturated carbocycles. The molecule has 2 rings (SSSR count). The molecule has 0 spiro atoms. The third kappa shape index (κ3) is 2.99. The fraction of sp³-hybridized carbons (Fsp3) is 0.0833. The van der Waals surface area contributed by atoms with Crippen molar-refractivity contribution in [2.75, 3.05) is 5.73 Å². The second kappa shape index (κ2) is 5.16. The van der Waals surface area contributed by atoms with Crippen LogP contribution in [0.25, 0.3) is 10.8 Å². The molecule has 2 aromatic carbocycles. The zero-order chi connectivity index (χ0) is 17.7. The van der Waals surface area contributed by atoms with E-state index in [1.165, 1.54) is 0 Å². The summed E-state index contributed by atoms with van der Waals surface area (Å²) in [5.41, 5.74) is 4.48. The predicted octanol–water partition coefficient (Wildman–Crippen LogP) is 0.824. The Morgan fingerprint density at radius 1 is 1.04 bits per heavy atom. The van der Waals surface area contributed by atoms with Gasteiger partial charge in [-0.1, -0.05) is 0 Å². The largest absolute Gasteiger partial charge is 0.505 e. The van der Waals surface area contributed by atoms with Crippen LogP contribution < -0.4 is 5.73 Å². The van der Waals surface area contributed by atoms with Crippen LogP contribution >= 0.6 is 0 Å². The maximum atomic E-state index is 11.7. The molecule has 11 heteroatoms. The number of ketones is 1. The van der Waals surface area contributed by atoms with Gasteiger partial charge in [0.15, 0.2) is 5.78 Å². The van der Waals surface area contributed by atoms with E-state index in [4.69, 9.17) is 14.8 Å². The molecule has 0 aliphatic heterocycles. The van der Waals surface area contributed by atoms with Crippen molar-refractivity contribution in [3.63, 3.8) is 0 Å². The lowest BCUT2D eigenvalue weighted by atomic mass is 10.00. The number of hydrogen-bond acceptors (Lipinski definition) is 7. The van der Waals surface area contributed by atoms with E-state index in [1.54, 1.807) is 0 Å².